The van der Waals surface area contributed by atoms with Crippen molar-refractivity contribution in [3.63, 3.8) is 0 Å². The molecule has 27 heavy (non-hydrogen) atoms. The molecule has 3 rings (SSSR count). The van der Waals surface area contributed by atoms with Gasteiger partial charge in [-0.15, -0.1) is 0 Å². The van der Waals surface area contributed by atoms with Gasteiger partial charge < -0.3 is 5.11 Å². The van der Waals surface area contributed by atoms with Crippen molar-refractivity contribution in [1.82, 2.24) is 9.55 Å². The summed E-state index contributed by atoms with van der Waals surface area (Å²) in [6.07, 6.45) is 6.96. The summed E-state index contributed by atoms with van der Waals surface area (Å²) in [6, 6.07) is 6.88. The quantitative estimate of drug-likeness (QED) is 0.638. The minimum atomic E-state index is -0.411. The Labute approximate surface area is 168 Å². The number of nitrogens with one attached hydrogen (secondary N) is 1. The molecule has 1 aliphatic rings. The average Bonchev–Trinajstić information content (AvgIpc) is 2.58. The van der Waals surface area contributed by atoms with Gasteiger partial charge in [0.1, 0.15) is 5.56 Å². The van der Waals surface area contributed by atoms with Gasteiger partial charge in [-0.2, -0.15) is 0 Å². The van der Waals surface area contributed by atoms with Crippen LogP contribution in [0.1, 0.15) is 45.6 Å². The molecule has 0 spiro atoms. The molecule has 0 radical (unpaired) electrons. The number of allylic oxidation sites excluding steroid dienone is 3. The molecular weight excluding hydrogens is 380 g/mol. The van der Waals surface area contributed by atoms with Crippen LogP contribution >= 0.6 is 23.8 Å². The van der Waals surface area contributed by atoms with E-state index in [2.05, 4.69) is 25.8 Å². The summed E-state index contributed by atoms with van der Waals surface area (Å²) < 4.78 is 1.56. The van der Waals surface area contributed by atoms with E-state index in [0.29, 0.717) is 10.7 Å². The predicted molar refractivity (Wildman–Crippen MR) is 113 cm³/mol. The molecular formula is C21H23ClN2O2S. The van der Waals surface area contributed by atoms with E-state index in [4.69, 9.17) is 23.8 Å². The van der Waals surface area contributed by atoms with Crippen LogP contribution in [0.25, 0.3) is 11.8 Å². The Morgan fingerprint density at radius 1 is 1.26 bits per heavy atom. The number of nitrogens with zero attached hydrogens (tertiary/aromatic N) is 1. The van der Waals surface area contributed by atoms with E-state index in [9.17, 15) is 9.90 Å². The van der Waals surface area contributed by atoms with Crippen molar-refractivity contribution in [2.24, 2.45) is 5.41 Å². The fourth-order valence-electron chi connectivity index (χ4n) is 3.70. The van der Waals surface area contributed by atoms with E-state index in [1.54, 1.807) is 30.3 Å². The Balaban J connectivity index is 2.12. The van der Waals surface area contributed by atoms with Crippen molar-refractivity contribution in [2.45, 2.75) is 40.0 Å². The second-order valence-corrected chi connectivity index (χ2v) is 8.40. The molecule has 0 bridgehead atoms. The lowest BCUT2D eigenvalue weighted by Crippen LogP contribution is -2.19. The molecule has 0 unspecified atom stereocenters. The molecule has 4 nitrogen and oxygen atoms in total. The molecule has 0 amide bonds. The fraction of sp³-hybridized carbons (Fsp3) is 0.333. The molecule has 0 aliphatic heterocycles. The van der Waals surface area contributed by atoms with Gasteiger partial charge in [-0.3, -0.25) is 14.3 Å². The van der Waals surface area contributed by atoms with E-state index in [-0.39, 0.29) is 21.6 Å². The largest absolute Gasteiger partial charge is 0.494 e. The molecule has 0 saturated heterocycles. The molecule has 142 valence electrons. The first-order chi connectivity index (χ1) is 12.7. The van der Waals surface area contributed by atoms with Gasteiger partial charge in [0.25, 0.3) is 5.56 Å². The molecule has 0 atom stereocenters. The number of hydrogen-bond donors (Lipinski definition) is 2. The highest BCUT2D eigenvalue weighted by Crippen LogP contribution is 2.41. The van der Waals surface area contributed by atoms with Gasteiger partial charge in [-0.1, -0.05) is 37.1 Å². The third-order valence-electron chi connectivity index (χ3n) is 5.16. The van der Waals surface area contributed by atoms with Gasteiger partial charge >= 0.3 is 0 Å². The molecule has 1 heterocycles. The van der Waals surface area contributed by atoms with Gasteiger partial charge in [0.05, 0.1) is 5.69 Å². The zero-order valence-corrected chi connectivity index (χ0v) is 17.2. The number of halogens is 1. The Morgan fingerprint density at radius 3 is 2.56 bits per heavy atom. The van der Waals surface area contributed by atoms with E-state index in [1.807, 2.05) is 6.08 Å². The molecule has 2 N–H and O–H groups in total. The molecule has 0 saturated carbocycles. The third kappa shape index (κ3) is 3.94. The lowest BCUT2D eigenvalue weighted by molar-refractivity contribution is 0.377. The maximum atomic E-state index is 12.4. The smallest absolute Gasteiger partial charge is 0.262 e. The van der Waals surface area contributed by atoms with Crippen molar-refractivity contribution in [3.05, 3.63) is 67.2 Å². The highest BCUT2D eigenvalue weighted by atomic mass is 35.5. The molecule has 1 aliphatic carbocycles. The van der Waals surface area contributed by atoms with E-state index >= 15 is 0 Å². The Kier molecular flexibility index (Phi) is 5.45. The maximum absolute atomic E-state index is 12.4. The standard InChI is InChI=1S/C21H23ClN2O2S/c1-13-5-4-12-21(2,3)17(13)11-10-16-18(25)23-20(27)24(19(16)26)15-8-6-14(22)7-9-15/h6-11,26H,4-5,12H2,1-3H3,(H,23,25,27). The highest BCUT2D eigenvalue weighted by molar-refractivity contribution is 7.71. The van der Waals surface area contributed by atoms with Gasteiger partial charge in [0, 0.05) is 5.02 Å². The molecule has 1 aromatic heterocycles. The maximum Gasteiger partial charge on any atom is 0.262 e. The topological polar surface area (TPSA) is 58.0 Å². The van der Waals surface area contributed by atoms with Gasteiger partial charge in [-0.05, 0) is 79.7 Å². The number of hydrogen-bond acceptors (Lipinski definition) is 3. The number of benzene rings is 1. The molecule has 0 fully saturated rings. The molecule has 2 aromatic rings. The van der Waals surface area contributed by atoms with Crippen molar-refractivity contribution >= 4 is 29.9 Å². The Hall–Kier alpha value is -2.11. The normalized spacial score (nSPS) is 16.9. The average molecular weight is 403 g/mol. The molecule has 1 aromatic carbocycles. The minimum Gasteiger partial charge on any atom is -0.494 e. The van der Waals surface area contributed by atoms with Crippen molar-refractivity contribution < 1.29 is 5.11 Å². The van der Waals surface area contributed by atoms with Crippen LogP contribution in [0.15, 0.2) is 46.3 Å². The Morgan fingerprint density at radius 2 is 1.93 bits per heavy atom. The molecule has 6 heteroatoms. The lowest BCUT2D eigenvalue weighted by Gasteiger charge is -2.32. The SMILES string of the molecule is CC1=C(C=Cc2c(O)n(-c3ccc(Cl)cc3)c(=S)[nH]c2=O)C(C)(C)CCC1. The third-order valence-corrected chi connectivity index (χ3v) is 5.70. The number of aromatic hydroxyl groups is 1. The van der Waals surface area contributed by atoms with Crippen LogP contribution in [0.3, 0.4) is 0 Å². The first-order valence-electron chi connectivity index (χ1n) is 8.93. The van der Waals surface area contributed by atoms with Crippen molar-refractivity contribution in [2.75, 3.05) is 0 Å². The van der Waals surface area contributed by atoms with Crippen LogP contribution in [0.4, 0.5) is 0 Å². The van der Waals surface area contributed by atoms with Crippen LogP contribution in [0.2, 0.25) is 5.02 Å². The summed E-state index contributed by atoms with van der Waals surface area (Å²) >= 11 is 11.2. The van der Waals surface area contributed by atoms with Crippen LogP contribution in [0, 0.1) is 10.2 Å². The fourth-order valence-corrected chi connectivity index (χ4v) is 4.11. The number of aromatic nitrogens is 2. The van der Waals surface area contributed by atoms with Crippen LogP contribution in [0.5, 0.6) is 5.88 Å². The lowest BCUT2D eigenvalue weighted by atomic mass is 9.72. The summed E-state index contributed by atoms with van der Waals surface area (Å²) in [6.45, 7) is 6.55. The summed E-state index contributed by atoms with van der Waals surface area (Å²) in [5.74, 6) is -0.186. The summed E-state index contributed by atoms with van der Waals surface area (Å²) in [5.41, 5.74) is 2.98. The predicted octanol–water partition coefficient (Wildman–Crippen LogP) is 5.79. The second kappa shape index (κ2) is 7.49. The summed E-state index contributed by atoms with van der Waals surface area (Å²) in [4.78, 5) is 15.1. The van der Waals surface area contributed by atoms with E-state index < -0.39 is 5.56 Å². The van der Waals surface area contributed by atoms with Crippen molar-refractivity contribution in [1.29, 1.82) is 0 Å². The first kappa shape index (κ1) is 19.6. The highest BCUT2D eigenvalue weighted by Gasteiger charge is 2.26. The minimum absolute atomic E-state index is 0.0469. The van der Waals surface area contributed by atoms with Gasteiger partial charge in [0.2, 0.25) is 5.88 Å². The van der Waals surface area contributed by atoms with Crippen LogP contribution in [-0.2, 0) is 0 Å². The summed E-state index contributed by atoms with van der Waals surface area (Å²) in [7, 11) is 0. The van der Waals surface area contributed by atoms with Crippen LogP contribution < -0.4 is 5.56 Å². The number of H-pyrrole nitrogens is 1. The van der Waals surface area contributed by atoms with E-state index in [1.165, 1.54) is 22.1 Å². The first-order valence-corrected chi connectivity index (χ1v) is 9.72. The van der Waals surface area contributed by atoms with Gasteiger partial charge in [-0.25, -0.2) is 0 Å². The number of rotatable bonds is 3. The monoisotopic (exact) mass is 402 g/mol. The number of aromatic amines is 1. The zero-order chi connectivity index (χ0) is 19.8. The van der Waals surface area contributed by atoms with Gasteiger partial charge in [0.15, 0.2) is 4.77 Å². The Bertz CT molecular complexity index is 1040. The van der Waals surface area contributed by atoms with Crippen LogP contribution in [-0.4, -0.2) is 14.7 Å². The zero-order valence-electron chi connectivity index (χ0n) is 15.7. The summed E-state index contributed by atoms with van der Waals surface area (Å²) in [5, 5.41) is 11.4. The van der Waals surface area contributed by atoms with Crippen molar-refractivity contribution in [3.8, 4) is 11.6 Å². The second-order valence-electron chi connectivity index (χ2n) is 7.57. The van der Waals surface area contributed by atoms with E-state index in [0.717, 1.165) is 12.8 Å².